The Kier molecular flexibility index (Phi) is 4.12. The van der Waals surface area contributed by atoms with Gasteiger partial charge in [0, 0.05) is 17.8 Å². The lowest BCUT2D eigenvalue weighted by molar-refractivity contribution is -0.384. The van der Waals surface area contributed by atoms with Gasteiger partial charge in [-0.3, -0.25) is 10.1 Å². The minimum atomic E-state index is -3.51. The molecule has 2 aromatic carbocycles. The normalized spacial score (nSPS) is 19.5. The highest BCUT2D eigenvalue weighted by Crippen LogP contribution is 2.51. The summed E-state index contributed by atoms with van der Waals surface area (Å²) in [6, 6.07) is 13.3. The minimum absolute atomic E-state index is 0.0273. The van der Waals surface area contributed by atoms with Crippen LogP contribution in [0.5, 0.6) is 0 Å². The molecule has 1 unspecified atom stereocenters. The van der Waals surface area contributed by atoms with E-state index in [4.69, 9.17) is 0 Å². The highest BCUT2D eigenvalue weighted by molar-refractivity contribution is 7.93. The van der Waals surface area contributed by atoms with Crippen LogP contribution in [0.4, 0.5) is 11.4 Å². The van der Waals surface area contributed by atoms with Gasteiger partial charge in [0.15, 0.2) is 14.7 Å². The van der Waals surface area contributed by atoms with Crippen LogP contribution in [0.3, 0.4) is 0 Å². The summed E-state index contributed by atoms with van der Waals surface area (Å²) in [5, 5.41) is 10.8. The third kappa shape index (κ3) is 2.80. The fourth-order valence-corrected chi connectivity index (χ4v) is 4.88. The summed E-state index contributed by atoms with van der Waals surface area (Å²) in [6.07, 6.45) is 1.39. The second-order valence-electron chi connectivity index (χ2n) is 6.08. The summed E-state index contributed by atoms with van der Waals surface area (Å²) >= 11 is 0. The van der Waals surface area contributed by atoms with Crippen LogP contribution in [-0.4, -0.2) is 25.6 Å². The first-order chi connectivity index (χ1) is 11.8. The van der Waals surface area contributed by atoms with Gasteiger partial charge in [-0.05, 0) is 24.6 Å². The first-order valence-electron chi connectivity index (χ1n) is 7.74. The van der Waals surface area contributed by atoms with E-state index < -0.39 is 19.6 Å². The van der Waals surface area contributed by atoms with Crippen LogP contribution in [-0.2, 0) is 14.7 Å². The second kappa shape index (κ2) is 6.00. The second-order valence-corrected chi connectivity index (χ2v) is 8.32. The van der Waals surface area contributed by atoms with Gasteiger partial charge in [-0.25, -0.2) is 8.42 Å². The Bertz CT molecular complexity index is 921. The first-order valence-corrected chi connectivity index (χ1v) is 9.39. The van der Waals surface area contributed by atoms with E-state index in [9.17, 15) is 18.5 Å². The van der Waals surface area contributed by atoms with E-state index in [0.29, 0.717) is 17.8 Å². The molecule has 0 radical (unpaired) electrons. The zero-order valence-corrected chi connectivity index (χ0v) is 14.6. The van der Waals surface area contributed by atoms with Gasteiger partial charge in [0.05, 0.1) is 17.2 Å². The molecule has 0 amide bonds. The van der Waals surface area contributed by atoms with Gasteiger partial charge < -0.3 is 4.90 Å². The van der Waals surface area contributed by atoms with Crippen molar-refractivity contribution in [2.45, 2.75) is 11.8 Å². The Labute approximate surface area is 146 Å². The van der Waals surface area contributed by atoms with Crippen molar-refractivity contribution >= 4 is 21.2 Å². The third-order valence-corrected chi connectivity index (χ3v) is 6.72. The standard InChI is InChI=1S/C18H18N2O4S/c1-3-12-25(23,24)18(15-6-4-14(2)5-7-15)13-19(18)16-8-10-17(11-9-16)20(21)22/h3-11H,1,12-13H2,2H3. The van der Waals surface area contributed by atoms with E-state index in [-0.39, 0.29) is 11.4 Å². The average molecular weight is 358 g/mol. The SMILES string of the molecule is C=CCS(=O)(=O)C1(c2ccc(C)cc2)CN1c1ccc([N+](=O)[O-])cc1. The molecule has 130 valence electrons. The smallest absolute Gasteiger partial charge is 0.269 e. The van der Waals surface area contributed by atoms with Gasteiger partial charge >= 0.3 is 0 Å². The van der Waals surface area contributed by atoms with Crippen molar-refractivity contribution in [2.24, 2.45) is 0 Å². The summed E-state index contributed by atoms with van der Waals surface area (Å²) in [6.45, 7) is 5.80. The number of hydrogen-bond acceptors (Lipinski definition) is 5. The molecule has 7 heteroatoms. The molecule has 1 fully saturated rings. The van der Waals surface area contributed by atoms with Crippen LogP contribution < -0.4 is 4.90 Å². The summed E-state index contributed by atoms with van der Waals surface area (Å²) in [5.74, 6) is -0.135. The van der Waals surface area contributed by atoms with Crippen molar-refractivity contribution in [2.75, 3.05) is 17.2 Å². The predicted molar refractivity (Wildman–Crippen MR) is 97.3 cm³/mol. The van der Waals surface area contributed by atoms with Crippen molar-refractivity contribution in [1.29, 1.82) is 0 Å². The van der Waals surface area contributed by atoms with Gasteiger partial charge in [-0.2, -0.15) is 0 Å². The number of sulfone groups is 1. The summed E-state index contributed by atoms with van der Waals surface area (Å²) in [7, 11) is -3.51. The fraction of sp³-hybridized carbons (Fsp3) is 0.222. The number of hydrogen-bond donors (Lipinski definition) is 0. The number of nitro benzene ring substituents is 1. The molecule has 0 saturated carbocycles. The summed E-state index contributed by atoms with van der Waals surface area (Å²) < 4.78 is 25.9. The van der Waals surface area contributed by atoms with E-state index in [0.717, 1.165) is 5.56 Å². The van der Waals surface area contributed by atoms with Crippen LogP contribution in [0.1, 0.15) is 11.1 Å². The summed E-state index contributed by atoms with van der Waals surface area (Å²) in [4.78, 5) is 10.9. The Balaban J connectivity index is 2.05. The molecule has 1 atom stereocenters. The monoisotopic (exact) mass is 358 g/mol. The molecule has 1 saturated heterocycles. The highest BCUT2D eigenvalue weighted by atomic mass is 32.2. The lowest BCUT2D eigenvalue weighted by atomic mass is 10.1. The number of non-ortho nitro benzene ring substituents is 1. The Morgan fingerprint density at radius 1 is 1.20 bits per heavy atom. The van der Waals surface area contributed by atoms with Crippen LogP contribution in [0.2, 0.25) is 0 Å². The molecule has 1 aliphatic heterocycles. The van der Waals surface area contributed by atoms with E-state index in [1.54, 1.807) is 17.0 Å². The maximum absolute atomic E-state index is 12.9. The van der Waals surface area contributed by atoms with Gasteiger partial charge in [-0.1, -0.05) is 35.9 Å². The molecule has 6 nitrogen and oxygen atoms in total. The van der Waals surface area contributed by atoms with Crippen LogP contribution in [0, 0.1) is 17.0 Å². The van der Waals surface area contributed by atoms with E-state index in [2.05, 4.69) is 6.58 Å². The maximum atomic E-state index is 12.9. The van der Waals surface area contributed by atoms with Crippen LogP contribution in [0.25, 0.3) is 0 Å². The molecule has 2 aromatic rings. The van der Waals surface area contributed by atoms with E-state index >= 15 is 0 Å². The number of nitrogens with zero attached hydrogens (tertiary/aromatic N) is 2. The Morgan fingerprint density at radius 3 is 2.32 bits per heavy atom. The third-order valence-electron chi connectivity index (χ3n) is 4.43. The zero-order valence-electron chi connectivity index (χ0n) is 13.8. The largest absolute Gasteiger partial charge is 0.344 e. The Morgan fingerprint density at radius 2 is 1.80 bits per heavy atom. The average Bonchev–Trinajstić information content (AvgIpc) is 3.33. The number of rotatable bonds is 6. The van der Waals surface area contributed by atoms with Crippen molar-refractivity contribution in [3.63, 3.8) is 0 Å². The topological polar surface area (TPSA) is 80.3 Å². The molecule has 0 spiro atoms. The van der Waals surface area contributed by atoms with Gasteiger partial charge in [0.2, 0.25) is 0 Å². The van der Waals surface area contributed by atoms with Crippen LogP contribution >= 0.6 is 0 Å². The first kappa shape index (κ1) is 17.2. The molecule has 1 heterocycles. The molecule has 0 aromatic heterocycles. The summed E-state index contributed by atoms with van der Waals surface area (Å²) in [5.41, 5.74) is 2.35. The van der Waals surface area contributed by atoms with Gasteiger partial charge in [0.1, 0.15) is 0 Å². The molecule has 1 aliphatic rings. The quantitative estimate of drug-likeness (QED) is 0.343. The van der Waals surface area contributed by atoms with Crippen molar-refractivity contribution in [3.05, 3.63) is 82.4 Å². The molecule has 25 heavy (non-hydrogen) atoms. The zero-order chi connectivity index (χ0) is 18.2. The number of nitro groups is 1. The van der Waals surface area contributed by atoms with Crippen molar-refractivity contribution < 1.29 is 13.3 Å². The van der Waals surface area contributed by atoms with Gasteiger partial charge in [-0.15, -0.1) is 6.58 Å². The van der Waals surface area contributed by atoms with Crippen molar-refractivity contribution in [1.82, 2.24) is 0 Å². The maximum Gasteiger partial charge on any atom is 0.269 e. The van der Waals surface area contributed by atoms with E-state index in [1.165, 1.54) is 18.2 Å². The number of aryl methyl sites for hydroxylation is 1. The lowest BCUT2D eigenvalue weighted by Crippen LogP contribution is -2.29. The fourth-order valence-electron chi connectivity index (χ4n) is 3.03. The van der Waals surface area contributed by atoms with Gasteiger partial charge in [0.25, 0.3) is 5.69 Å². The molecule has 0 bridgehead atoms. The molecule has 0 N–H and O–H groups in total. The molecular formula is C18H18N2O4S. The highest BCUT2D eigenvalue weighted by Gasteiger charge is 2.62. The number of benzene rings is 2. The predicted octanol–water partition coefficient (Wildman–Crippen LogP) is 3.18. The number of anilines is 1. The lowest BCUT2D eigenvalue weighted by Gasteiger charge is -2.19. The van der Waals surface area contributed by atoms with Crippen molar-refractivity contribution in [3.8, 4) is 0 Å². The molecular weight excluding hydrogens is 340 g/mol. The minimum Gasteiger partial charge on any atom is -0.344 e. The van der Waals surface area contributed by atoms with E-state index in [1.807, 2.05) is 31.2 Å². The Hall–Kier alpha value is -2.67. The molecule has 3 rings (SSSR count). The van der Waals surface area contributed by atoms with Crippen LogP contribution in [0.15, 0.2) is 61.2 Å². The molecule has 0 aliphatic carbocycles.